The summed E-state index contributed by atoms with van der Waals surface area (Å²) in [6.07, 6.45) is 0. The van der Waals surface area contributed by atoms with Crippen molar-refractivity contribution in [1.82, 2.24) is 9.97 Å². The molecule has 0 unspecified atom stereocenters. The van der Waals surface area contributed by atoms with Crippen LogP contribution in [0.3, 0.4) is 0 Å². The molecule has 0 atom stereocenters. The highest BCUT2D eigenvalue weighted by molar-refractivity contribution is 9.10. The molecule has 2 nitrogen and oxygen atoms in total. The summed E-state index contributed by atoms with van der Waals surface area (Å²) in [4.78, 5) is 8.33. The fourth-order valence-electron chi connectivity index (χ4n) is 20.7. The molecule has 0 radical (unpaired) electrons. The van der Waals surface area contributed by atoms with Crippen LogP contribution in [0.2, 0.25) is 0 Å². The van der Waals surface area contributed by atoms with E-state index < -0.39 is 21.7 Å². The van der Waals surface area contributed by atoms with Crippen LogP contribution in [0.4, 0.5) is 0 Å². The van der Waals surface area contributed by atoms with Gasteiger partial charge in [-0.3, -0.25) is 0 Å². The topological polar surface area (TPSA) is 31.6 Å². The highest BCUT2D eigenvalue weighted by Crippen LogP contribution is 2.65. The third-order valence-corrected chi connectivity index (χ3v) is 25.7. The summed E-state index contributed by atoms with van der Waals surface area (Å²) in [6, 6.07) is 136. The van der Waals surface area contributed by atoms with E-state index in [1.54, 1.807) is 0 Å². The normalized spacial score (nSPS) is 14.9. The predicted molar refractivity (Wildman–Crippen MR) is 434 cm³/mol. The second kappa shape index (κ2) is 21.3. The number of fused-ring (bicyclic) bond motifs is 18. The Morgan fingerprint density at radius 1 is 0.183 bits per heavy atom. The van der Waals surface area contributed by atoms with E-state index in [0.717, 1.165) is 53.3 Å². The Morgan fingerprint density at radius 3 is 0.673 bits per heavy atom. The lowest BCUT2D eigenvalue weighted by Gasteiger charge is -2.38. The van der Waals surface area contributed by atoms with E-state index in [0.29, 0.717) is 0 Å². The van der Waals surface area contributed by atoms with Gasteiger partial charge in [0.2, 0.25) is 0 Å². The van der Waals surface area contributed by atoms with Crippen LogP contribution in [0, 0.1) is 0 Å². The SMILES string of the molecule is Brc1ccc2c(c1)[nH]c1c3cc(cc12)C1(c2ccc(cc2)-c2ccc(cc2)C2(c4ccccc4-c4ccccc42)c2cc(cc4c2[nH]c2cc(Br)ccc24)C2(c4ccc(cc4)-c4ccc(cc4)C34c3ccccc3-c3ccccc34)c3ccccc3-c3ccccc32)c2ccccc2-c2ccccc21. The summed E-state index contributed by atoms with van der Waals surface area (Å²) in [5.74, 6) is 0. The average molecular weight is 1450 g/mol. The van der Waals surface area contributed by atoms with E-state index in [-0.39, 0.29) is 0 Å². The van der Waals surface area contributed by atoms with E-state index in [4.69, 9.17) is 0 Å². The minimum Gasteiger partial charge on any atom is -0.354 e. The first-order valence-electron chi connectivity index (χ1n) is 36.1. The number of hydrogen-bond acceptors (Lipinski definition) is 0. The first kappa shape index (κ1) is 58.7. The second-order valence-corrected chi connectivity index (χ2v) is 31.0. The van der Waals surface area contributed by atoms with Crippen LogP contribution < -0.4 is 0 Å². The standard InChI is InChI=1S/C100H60Br2N2/c101-69-49-51-79-81-53-67-55-91(95(81)103-93(79)57-69)99(87-29-13-5-21-75(87)76-22-6-14-30-88(76)99)65-45-39-62(40-46-65)60-35-43-64(44-36-60)98(85-27-11-3-19-73(85)74-20-4-12-28-86(74)98)68-54-82-80-52-50-70(102)58-94(80)104-96(82)92(56-68)100(89-31-15-7-23-77(89)78-24-8-16-32-90(78)100)66-47-37-61(38-48-66)59-33-41-63(42-34-59)97(67)83-25-9-1-17-71(83)72-18-2-10-26-84(72)97/h1-58,103-104H. The third kappa shape index (κ3) is 7.43. The Labute approximate surface area is 618 Å². The summed E-state index contributed by atoms with van der Waals surface area (Å²) in [6.45, 7) is 0. The fourth-order valence-corrected chi connectivity index (χ4v) is 21.4. The average Bonchev–Trinajstić information content (AvgIpc) is 1.51. The minimum atomic E-state index is -0.792. The van der Waals surface area contributed by atoms with Crippen molar-refractivity contribution in [2.45, 2.75) is 21.7 Å². The van der Waals surface area contributed by atoms with Gasteiger partial charge in [0.1, 0.15) is 0 Å². The van der Waals surface area contributed by atoms with Crippen molar-refractivity contribution in [3.8, 4) is 66.8 Å². The summed E-state index contributed by atoms with van der Waals surface area (Å²) in [5, 5.41) is 4.72. The van der Waals surface area contributed by atoms with Crippen LogP contribution in [0.25, 0.3) is 110 Å². The Kier molecular flexibility index (Phi) is 12.0. The van der Waals surface area contributed by atoms with E-state index in [9.17, 15) is 0 Å². The van der Waals surface area contributed by atoms with E-state index in [1.807, 2.05) is 0 Å². The van der Waals surface area contributed by atoms with Crippen molar-refractivity contribution >= 4 is 75.5 Å². The Balaban J connectivity index is 0.857. The highest BCUT2D eigenvalue weighted by Gasteiger charge is 2.54. The lowest BCUT2D eigenvalue weighted by molar-refractivity contribution is 0.745. The van der Waals surface area contributed by atoms with Crippen LogP contribution >= 0.6 is 31.9 Å². The molecule has 0 saturated heterocycles. The van der Waals surface area contributed by atoms with Gasteiger partial charge in [-0.1, -0.05) is 347 Å². The molecule has 12 bridgehead atoms. The summed E-state index contributed by atoms with van der Waals surface area (Å²) >= 11 is 7.86. The third-order valence-electron chi connectivity index (χ3n) is 24.8. The molecule has 484 valence electrons. The maximum atomic E-state index is 4.16. The molecule has 16 aromatic carbocycles. The molecule has 2 aromatic heterocycles. The maximum Gasteiger partial charge on any atom is 0.0734 e. The lowest BCUT2D eigenvalue weighted by Crippen LogP contribution is -2.32. The summed E-state index contributed by atoms with van der Waals surface area (Å²) in [5.41, 5.74) is 35.7. The molecular weight excluding hydrogens is 1390 g/mol. The summed E-state index contributed by atoms with van der Waals surface area (Å²) in [7, 11) is 0. The summed E-state index contributed by atoms with van der Waals surface area (Å²) < 4.78 is 2.06. The first-order valence-corrected chi connectivity index (χ1v) is 37.7. The number of hydrogen-bond donors (Lipinski definition) is 2. The molecule has 4 heteroatoms. The molecule has 0 fully saturated rings. The zero-order valence-corrected chi connectivity index (χ0v) is 59.4. The molecule has 29 rings (SSSR count). The van der Waals surface area contributed by atoms with Gasteiger partial charge >= 0.3 is 0 Å². The monoisotopic (exact) mass is 1450 g/mol. The van der Waals surface area contributed by atoms with Gasteiger partial charge in [0.15, 0.2) is 0 Å². The number of halogens is 2. The molecule has 11 aliphatic rings. The maximum absolute atomic E-state index is 4.16. The molecule has 0 aliphatic heterocycles. The predicted octanol–water partition coefficient (Wildman–Crippen LogP) is 25.6. The van der Waals surface area contributed by atoms with Crippen LogP contribution in [0.1, 0.15) is 89.0 Å². The van der Waals surface area contributed by atoms with Crippen molar-refractivity contribution in [2.75, 3.05) is 0 Å². The van der Waals surface area contributed by atoms with E-state index in [2.05, 4.69) is 394 Å². The first-order chi connectivity index (χ1) is 51.3. The number of nitrogens with one attached hydrogen (secondary N) is 2. The van der Waals surface area contributed by atoms with Gasteiger partial charge in [0, 0.05) is 41.5 Å². The zero-order chi connectivity index (χ0) is 68.4. The highest BCUT2D eigenvalue weighted by atomic mass is 79.9. The van der Waals surface area contributed by atoms with Gasteiger partial charge in [0.25, 0.3) is 0 Å². The van der Waals surface area contributed by atoms with E-state index in [1.165, 1.54) is 155 Å². The minimum absolute atomic E-state index is 0.757. The van der Waals surface area contributed by atoms with E-state index >= 15 is 0 Å². The number of aromatic amines is 2. The number of H-pyrrole nitrogens is 2. The molecule has 11 aliphatic carbocycles. The molecule has 2 heterocycles. The molecular formula is C100H60Br2N2. The van der Waals surface area contributed by atoms with Gasteiger partial charge in [-0.25, -0.2) is 0 Å². The lowest BCUT2D eigenvalue weighted by atomic mass is 9.63. The molecule has 104 heavy (non-hydrogen) atoms. The van der Waals surface area contributed by atoms with Crippen molar-refractivity contribution in [3.05, 3.63) is 450 Å². The van der Waals surface area contributed by atoms with Crippen molar-refractivity contribution in [3.63, 3.8) is 0 Å². The number of benzene rings is 16. The molecule has 18 aromatic rings. The van der Waals surface area contributed by atoms with Gasteiger partial charge in [0.05, 0.1) is 32.7 Å². The van der Waals surface area contributed by atoms with Gasteiger partial charge in [-0.15, -0.1) is 0 Å². The second-order valence-electron chi connectivity index (χ2n) is 29.2. The van der Waals surface area contributed by atoms with Gasteiger partial charge in [-0.05, 0) is 192 Å². The van der Waals surface area contributed by atoms with Crippen molar-refractivity contribution in [2.24, 2.45) is 0 Å². The van der Waals surface area contributed by atoms with Crippen LogP contribution in [-0.4, -0.2) is 9.97 Å². The van der Waals surface area contributed by atoms with Crippen LogP contribution in [-0.2, 0) is 21.7 Å². The fraction of sp³-hybridized carbons (Fsp3) is 0.0400. The van der Waals surface area contributed by atoms with Crippen LogP contribution in [0.5, 0.6) is 0 Å². The largest absolute Gasteiger partial charge is 0.354 e. The molecule has 4 spiro atoms. The van der Waals surface area contributed by atoms with Crippen LogP contribution in [0.15, 0.2) is 361 Å². The Morgan fingerprint density at radius 2 is 0.413 bits per heavy atom. The zero-order valence-electron chi connectivity index (χ0n) is 56.2. The molecule has 0 saturated carbocycles. The van der Waals surface area contributed by atoms with Gasteiger partial charge in [-0.2, -0.15) is 0 Å². The van der Waals surface area contributed by atoms with Gasteiger partial charge < -0.3 is 9.97 Å². The van der Waals surface area contributed by atoms with Crippen molar-refractivity contribution in [1.29, 1.82) is 0 Å². The Bertz CT molecular complexity index is 6150. The van der Waals surface area contributed by atoms with Crippen molar-refractivity contribution < 1.29 is 0 Å². The Hall–Kier alpha value is -11.9. The smallest absolute Gasteiger partial charge is 0.0734 e. The molecule has 0 amide bonds. The number of rotatable bonds is 0. The molecule has 2 N–H and O–H groups in total. The quantitative estimate of drug-likeness (QED) is 0.152. The number of aromatic nitrogens is 2.